The van der Waals surface area contributed by atoms with Crippen LogP contribution in [-0.4, -0.2) is 13.7 Å². The molecule has 0 spiro atoms. The van der Waals surface area contributed by atoms with E-state index in [-0.39, 0.29) is 6.10 Å². The van der Waals surface area contributed by atoms with Gasteiger partial charge in [-0.05, 0) is 36.2 Å². The first kappa shape index (κ1) is 11.6. The molecular formula is C17H16O3. The van der Waals surface area contributed by atoms with E-state index in [1.54, 1.807) is 7.11 Å². The molecule has 0 unspecified atom stereocenters. The van der Waals surface area contributed by atoms with Crippen LogP contribution in [-0.2, 0) is 6.42 Å². The highest BCUT2D eigenvalue weighted by Crippen LogP contribution is 2.45. The summed E-state index contributed by atoms with van der Waals surface area (Å²) in [5, 5.41) is 0. The summed E-state index contributed by atoms with van der Waals surface area (Å²) in [6, 6.07) is 14.2. The summed E-state index contributed by atoms with van der Waals surface area (Å²) in [4.78, 5) is 0. The van der Waals surface area contributed by atoms with E-state index >= 15 is 0 Å². The van der Waals surface area contributed by atoms with E-state index in [0.717, 1.165) is 29.2 Å². The van der Waals surface area contributed by atoms with Crippen molar-refractivity contribution in [2.45, 2.75) is 12.5 Å². The van der Waals surface area contributed by atoms with Crippen LogP contribution in [0.1, 0.15) is 17.2 Å². The molecule has 0 aliphatic carbocycles. The molecule has 2 aromatic rings. The molecule has 4 rings (SSSR count). The predicted octanol–water partition coefficient (Wildman–Crippen LogP) is 3.38. The fourth-order valence-electron chi connectivity index (χ4n) is 3.08. The van der Waals surface area contributed by atoms with Crippen molar-refractivity contribution in [2.24, 2.45) is 5.92 Å². The number of hydrogen-bond acceptors (Lipinski definition) is 3. The van der Waals surface area contributed by atoms with Gasteiger partial charge in [0.1, 0.15) is 23.4 Å². The maximum absolute atomic E-state index is 6.23. The minimum Gasteiger partial charge on any atom is -0.497 e. The first-order chi connectivity index (χ1) is 9.85. The molecule has 0 aromatic heterocycles. The van der Waals surface area contributed by atoms with E-state index < -0.39 is 0 Å². The first-order valence-electron chi connectivity index (χ1n) is 6.90. The SMILES string of the molecule is COc1ccc2c(c1)[C@H]1Oc3ccccc3C[C@H]1CO2. The Hall–Kier alpha value is -2.16. The van der Waals surface area contributed by atoms with E-state index in [4.69, 9.17) is 14.2 Å². The molecule has 2 atom stereocenters. The van der Waals surface area contributed by atoms with Crippen LogP contribution in [0.25, 0.3) is 0 Å². The Morgan fingerprint density at radius 2 is 2.00 bits per heavy atom. The van der Waals surface area contributed by atoms with E-state index in [1.807, 2.05) is 30.3 Å². The molecular weight excluding hydrogens is 252 g/mol. The highest BCUT2D eigenvalue weighted by atomic mass is 16.5. The maximum Gasteiger partial charge on any atom is 0.134 e. The third kappa shape index (κ3) is 1.73. The van der Waals surface area contributed by atoms with Crippen molar-refractivity contribution in [2.75, 3.05) is 13.7 Å². The van der Waals surface area contributed by atoms with Gasteiger partial charge in [-0.3, -0.25) is 0 Å². The summed E-state index contributed by atoms with van der Waals surface area (Å²) in [5.74, 6) is 3.11. The largest absolute Gasteiger partial charge is 0.497 e. The quantitative estimate of drug-likeness (QED) is 0.793. The highest BCUT2D eigenvalue weighted by Gasteiger charge is 2.37. The standard InChI is InChI=1S/C17H16O3/c1-18-13-6-7-16-14(9-13)17-12(10-19-16)8-11-4-2-3-5-15(11)20-17/h2-7,9,12,17H,8,10H2,1H3/t12-,17-/m0/s1. The average molecular weight is 268 g/mol. The van der Waals surface area contributed by atoms with Gasteiger partial charge < -0.3 is 14.2 Å². The minimum atomic E-state index is 0.0590. The number of hydrogen-bond donors (Lipinski definition) is 0. The Bertz CT molecular complexity index is 650. The Morgan fingerprint density at radius 1 is 1.10 bits per heavy atom. The third-order valence-electron chi connectivity index (χ3n) is 4.11. The molecule has 0 amide bonds. The fourth-order valence-corrected chi connectivity index (χ4v) is 3.08. The van der Waals surface area contributed by atoms with Gasteiger partial charge in [0.05, 0.1) is 13.7 Å². The van der Waals surface area contributed by atoms with Crippen LogP contribution in [0.4, 0.5) is 0 Å². The smallest absolute Gasteiger partial charge is 0.134 e. The van der Waals surface area contributed by atoms with Gasteiger partial charge in [-0.1, -0.05) is 18.2 Å². The molecule has 0 N–H and O–H groups in total. The summed E-state index contributed by atoms with van der Waals surface area (Å²) in [6.07, 6.45) is 1.06. The summed E-state index contributed by atoms with van der Waals surface area (Å²) in [6.45, 7) is 0.707. The molecule has 2 aromatic carbocycles. The van der Waals surface area contributed by atoms with E-state index in [2.05, 4.69) is 12.1 Å². The van der Waals surface area contributed by atoms with Crippen molar-refractivity contribution in [3.05, 3.63) is 53.6 Å². The summed E-state index contributed by atoms with van der Waals surface area (Å²) in [7, 11) is 1.68. The molecule has 3 heteroatoms. The monoisotopic (exact) mass is 268 g/mol. The van der Waals surface area contributed by atoms with E-state index in [9.17, 15) is 0 Å². The van der Waals surface area contributed by atoms with Gasteiger partial charge in [-0.15, -0.1) is 0 Å². The zero-order valence-electron chi connectivity index (χ0n) is 11.3. The lowest BCUT2D eigenvalue weighted by Crippen LogP contribution is -2.34. The molecule has 3 nitrogen and oxygen atoms in total. The number of fused-ring (bicyclic) bond motifs is 4. The molecule has 0 saturated heterocycles. The van der Waals surface area contributed by atoms with Gasteiger partial charge >= 0.3 is 0 Å². The summed E-state index contributed by atoms with van der Waals surface area (Å²) >= 11 is 0. The van der Waals surface area contributed by atoms with Crippen molar-refractivity contribution in [1.29, 1.82) is 0 Å². The highest BCUT2D eigenvalue weighted by molar-refractivity contribution is 5.46. The molecule has 2 heterocycles. The first-order valence-corrected chi connectivity index (χ1v) is 6.90. The van der Waals surface area contributed by atoms with E-state index in [1.165, 1.54) is 5.56 Å². The Balaban J connectivity index is 1.77. The second kappa shape index (κ2) is 4.44. The van der Waals surface area contributed by atoms with Gasteiger partial charge in [0.25, 0.3) is 0 Å². The van der Waals surface area contributed by atoms with Gasteiger partial charge in [-0.2, -0.15) is 0 Å². The Labute approximate surface area is 118 Å². The van der Waals surface area contributed by atoms with Crippen LogP contribution in [0.3, 0.4) is 0 Å². The number of ether oxygens (including phenoxy) is 3. The third-order valence-corrected chi connectivity index (χ3v) is 4.11. The topological polar surface area (TPSA) is 27.7 Å². The Kier molecular flexibility index (Phi) is 2.59. The van der Waals surface area contributed by atoms with Crippen molar-refractivity contribution >= 4 is 0 Å². The lowest BCUT2D eigenvalue weighted by molar-refractivity contribution is 0.0541. The number of methoxy groups -OCH3 is 1. The molecule has 2 aliphatic rings. The predicted molar refractivity (Wildman–Crippen MR) is 75.5 cm³/mol. The summed E-state index contributed by atoms with van der Waals surface area (Å²) < 4.78 is 17.4. The van der Waals surface area contributed by atoms with Crippen molar-refractivity contribution in [1.82, 2.24) is 0 Å². The van der Waals surface area contributed by atoms with Crippen LogP contribution < -0.4 is 14.2 Å². The Morgan fingerprint density at radius 3 is 2.90 bits per heavy atom. The van der Waals surface area contributed by atoms with E-state index in [0.29, 0.717) is 12.5 Å². The van der Waals surface area contributed by atoms with Gasteiger partial charge in [0.15, 0.2) is 0 Å². The second-order valence-corrected chi connectivity index (χ2v) is 5.33. The molecule has 20 heavy (non-hydrogen) atoms. The molecule has 2 aliphatic heterocycles. The summed E-state index contributed by atoms with van der Waals surface area (Å²) in [5.41, 5.74) is 2.36. The van der Waals surface area contributed by atoms with Gasteiger partial charge in [-0.25, -0.2) is 0 Å². The molecule has 0 fully saturated rings. The average Bonchev–Trinajstić information content (AvgIpc) is 2.52. The van der Waals surface area contributed by atoms with Crippen molar-refractivity contribution < 1.29 is 14.2 Å². The fraction of sp³-hybridized carbons (Fsp3) is 0.294. The molecule has 0 bridgehead atoms. The molecule has 0 radical (unpaired) electrons. The zero-order valence-corrected chi connectivity index (χ0v) is 11.3. The van der Waals surface area contributed by atoms with Gasteiger partial charge in [0, 0.05) is 11.5 Å². The van der Waals surface area contributed by atoms with Crippen LogP contribution in [0.15, 0.2) is 42.5 Å². The number of benzene rings is 2. The number of para-hydroxylation sites is 1. The van der Waals surface area contributed by atoms with Crippen LogP contribution in [0.5, 0.6) is 17.2 Å². The van der Waals surface area contributed by atoms with Crippen molar-refractivity contribution in [3.63, 3.8) is 0 Å². The van der Waals surface area contributed by atoms with Gasteiger partial charge in [0.2, 0.25) is 0 Å². The van der Waals surface area contributed by atoms with Crippen LogP contribution in [0, 0.1) is 5.92 Å². The van der Waals surface area contributed by atoms with Crippen molar-refractivity contribution in [3.8, 4) is 17.2 Å². The normalized spacial score (nSPS) is 22.6. The number of rotatable bonds is 1. The molecule has 0 saturated carbocycles. The zero-order chi connectivity index (χ0) is 13.5. The lowest BCUT2D eigenvalue weighted by Gasteiger charge is -2.38. The van der Waals surface area contributed by atoms with Crippen LogP contribution in [0.2, 0.25) is 0 Å². The maximum atomic E-state index is 6.23. The van der Waals surface area contributed by atoms with Crippen LogP contribution >= 0.6 is 0 Å². The lowest BCUT2D eigenvalue weighted by atomic mass is 9.85. The minimum absolute atomic E-state index is 0.0590. The second-order valence-electron chi connectivity index (χ2n) is 5.33. The molecule has 102 valence electrons.